The first-order valence-electron chi connectivity index (χ1n) is 18.7. The van der Waals surface area contributed by atoms with Crippen molar-refractivity contribution in [2.45, 2.75) is 145 Å². The van der Waals surface area contributed by atoms with Gasteiger partial charge in [0.05, 0.1) is 23.4 Å². The molecule has 1 radical (unpaired) electrons. The molecule has 0 aromatic rings. The lowest BCUT2D eigenvalue weighted by Gasteiger charge is -2.72. The summed E-state index contributed by atoms with van der Waals surface area (Å²) in [5.41, 5.74) is -0.149. The summed E-state index contributed by atoms with van der Waals surface area (Å²) in [7, 11) is 3.13. The van der Waals surface area contributed by atoms with Gasteiger partial charge in [0.1, 0.15) is 6.10 Å². The molecule has 269 valence electrons. The summed E-state index contributed by atoms with van der Waals surface area (Å²) in [5.74, 6) is 0.860. The van der Waals surface area contributed by atoms with E-state index in [1.54, 1.807) is 21.0 Å². The second kappa shape index (κ2) is 12.7. The molecule has 0 bridgehead atoms. The molecule has 9 heteroatoms. The van der Waals surface area contributed by atoms with Crippen LogP contribution in [0, 0.1) is 62.1 Å². The van der Waals surface area contributed by atoms with Crippen LogP contribution in [0.4, 0.5) is 0 Å². The number of carbonyl (C=O) groups excluding carboxylic acids is 2. The van der Waals surface area contributed by atoms with Crippen molar-refractivity contribution in [1.82, 2.24) is 10.5 Å². The first-order chi connectivity index (χ1) is 22.2. The molecule has 5 aliphatic rings. The predicted octanol–water partition coefficient (Wildman–Crippen LogP) is 7.29. The number of fused-ring (bicyclic) bond motifs is 7. The third-order valence-corrected chi connectivity index (χ3v) is 15.7. The minimum atomic E-state index is -1.15. The lowest BCUT2D eigenvalue weighted by atomic mass is 9.32. The zero-order valence-electron chi connectivity index (χ0n) is 31.6. The molecule has 8 nitrogen and oxygen atoms in total. The van der Waals surface area contributed by atoms with Crippen molar-refractivity contribution in [3.8, 4) is 0 Å². The summed E-state index contributed by atoms with van der Waals surface area (Å²) in [6, 6.07) is 0. The van der Waals surface area contributed by atoms with Crippen LogP contribution in [0.15, 0.2) is 12.2 Å². The second-order valence-electron chi connectivity index (χ2n) is 18.8. The van der Waals surface area contributed by atoms with Crippen LogP contribution in [0.2, 0.25) is 0 Å². The van der Waals surface area contributed by atoms with Gasteiger partial charge >= 0.3 is 19.6 Å². The fourth-order valence-electron chi connectivity index (χ4n) is 12.9. The lowest BCUT2D eigenvalue weighted by molar-refractivity contribution is -0.249. The first kappa shape index (κ1) is 37.4. The number of aliphatic carboxylic acids is 1. The third-order valence-electron chi connectivity index (χ3n) is 15.7. The van der Waals surface area contributed by atoms with Gasteiger partial charge in [0.15, 0.2) is 0 Å². The van der Waals surface area contributed by atoms with E-state index < -0.39 is 17.4 Å². The summed E-state index contributed by atoms with van der Waals surface area (Å²) in [6.45, 7) is 24.1. The third kappa shape index (κ3) is 5.69. The molecule has 5 fully saturated rings. The normalized spacial score (nSPS) is 42.2. The second-order valence-corrected chi connectivity index (χ2v) is 18.8. The van der Waals surface area contributed by atoms with E-state index in [0.29, 0.717) is 23.7 Å². The van der Waals surface area contributed by atoms with Crippen LogP contribution in [0.25, 0.3) is 0 Å². The highest BCUT2D eigenvalue weighted by Crippen LogP contribution is 2.77. The molecule has 11 atom stereocenters. The molecule has 0 aromatic heterocycles. The van der Waals surface area contributed by atoms with Gasteiger partial charge < -0.3 is 25.0 Å². The fraction of sp³-hybridized carbons (Fsp3) is 0.872. The highest BCUT2D eigenvalue weighted by atomic mass is 16.5. The number of hydrogen-bond acceptors (Lipinski definition) is 6. The van der Waals surface area contributed by atoms with Crippen LogP contribution < -0.4 is 10.5 Å². The average molecular weight is 668 g/mol. The maximum absolute atomic E-state index is 14.3. The van der Waals surface area contributed by atoms with Gasteiger partial charge in [0, 0.05) is 12.5 Å². The molecule has 5 saturated carbocycles. The molecular weight excluding hydrogens is 603 g/mol. The molecule has 1 unspecified atom stereocenters. The number of esters is 1. The van der Waals surface area contributed by atoms with E-state index >= 15 is 0 Å². The predicted molar refractivity (Wildman–Crippen MR) is 188 cm³/mol. The Morgan fingerprint density at radius 1 is 0.938 bits per heavy atom. The minimum Gasteiger partial charge on any atom is -0.481 e. The van der Waals surface area contributed by atoms with E-state index in [9.17, 15) is 19.5 Å². The van der Waals surface area contributed by atoms with E-state index in [1.165, 1.54) is 13.2 Å². The summed E-state index contributed by atoms with van der Waals surface area (Å²) >= 11 is 0. The lowest BCUT2D eigenvalue weighted by Crippen LogP contribution is -2.67. The Hall–Kier alpha value is -1.87. The van der Waals surface area contributed by atoms with Gasteiger partial charge in [-0.3, -0.25) is 14.4 Å². The van der Waals surface area contributed by atoms with Gasteiger partial charge in [-0.05, 0) is 138 Å². The number of hydrogen-bond donors (Lipinski definition) is 3. The fourth-order valence-corrected chi connectivity index (χ4v) is 12.9. The van der Waals surface area contributed by atoms with Gasteiger partial charge in [-0.2, -0.15) is 0 Å². The Labute approximate surface area is 291 Å². The molecule has 5 rings (SSSR count). The molecule has 1 amide bonds. The Balaban J connectivity index is 1.41. The van der Waals surface area contributed by atoms with E-state index in [4.69, 9.17) is 9.39 Å². The van der Waals surface area contributed by atoms with Crippen LogP contribution >= 0.6 is 0 Å². The standard InChI is InChI=1S/C39H64BN2O6/c1-23(2)25-14-19-39(32(44)41-24(3)42-40-47-11)21-20-37(9)26(31(25)39)12-13-28-36(8)17-16-29(48-30(43)22-34(4,5)33(45)46)35(6,7)27(36)15-18-38(28,37)10/h24-29,31,42H,1,12-22H2,2-11H3,(H,41,44)(H,45,46)/t24?,25-,26+,27-,28+,29-,31+,36-,37+,38+,39-/m0/s1. The van der Waals surface area contributed by atoms with Crippen LogP contribution in [-0.2, 0) is 23.8 Å². The highest BCUT2D eigenvalue weighted by molar-refractivity contribution is 6.23. The Kier molecular flexibility index (Phi) is 9.91. The minimum absolute atomic E-state index is 0.111. The molecule has 0 aromatic carbocycles. The number of nitrogens with one attached hydrogen (secondary N) is 2. The summed E-state index contributed by atoms with van der Waals surface area (Å²) in [4.78, 5) is 39.1. The number of carboxylic acid groups (broad SMARTS) is 1. The van der Waals surface area contributed by atoms with Crippen molar-refractivity contribution >= 4 is 25.5 Å². The smallest absolute Gasteiger partial charge is 0.397 e. The van der Waals surface area contributed by atoms with E-state index in [1.807, 2.05) is 6.92 Å². The number of allylic oxidation sites excluding steroid dienone is 1. The van der Waals surface area contributed by atoms with Crippen molar-refractivity contribution in [3.05, 3.63) is 12.2 Å². The van der Waals surface area contributed by atoms with Crippen molar-refractivity contribution in [2.75, 3.05) is 7.11 Å². The van der Waals surface area contributed by atoms with Crippen LogP contribution in [0.3, 0.4) is 0 Å². The van der Waals surface area contributed by atoms with Crippen LogP contribution in [0.1, 0.15) is 133 Å². The van der Waals surface area contributed by atoms with Crippen LogP contribution in [-0.4, -0.2) is 49.9 Å². The molecule has 0 heterocycles. The summed E-state index contributed by atoms with van der Waals surface area (Å²) in [5, 5.41) is 16.0. The van der Waals surface area contributed by atoms with Crippen molar-refractivity contribution in [3.63, 3.8) is 0 Å². The molecule has 3 N–H and O–H groups in total. The van der Waals surface area contributed by atoms with Gasteiger partial charge in [0.2, 0.25) is 5.91 Å². The van der Waals surface area contributed by atoms with Gasteiger partial charge in [-0.1, -0.05) is 46.8 Å². The maximum Gasteiger partial charge on any atom is 0.397 e. The monoisotopic (exact) mass is 667 g/mol. The molecule has 5 aliphatic carbocycles. The molecular formula is C39H64BN2O6. The van der Waals surface area contributed by atoms with E-state index in [-0.39, 0.29) is 57.6 Å². The van der Waals surface area contributed by atoms with Gasteiger partial charge in [0.25, 0.3) is 0 Å². The number of carboxylic acids is 1. The molecule has 0 saturated heterocycles. The SMILES string of the molecule is C=C(C)[C@@H]1CC[C@]2(C(=O)NC(C)N[B]OC)CC[C@]3(C)[C@H](CC[C@@H]4[C@@]5(C)CC[C@H](OC(=O)CC(C)(C)C(=O)O)C(C)(C)[C@@H]5CC[C@]43C)[C@@H]12. The Bertz CT molecular complexity index is 1300. The molecule has 0 spiro atoms. The topological polar surface area (TPSA) is 114 Å². The number of amides is 1. The zero-order chi connectivity index (χ0) is 35.7. The van der Waals surface area contributed by atoms with E-state index in [2.05, 4.69) is 58.7 Å². The van der Waals surface area contributed by atoms with Gasteiger partial charge in [-0.25, -0.2) is 0 Å². The van der Waals surface area contributed by atoms with Crippen molar-refractivity contribution in [2.24, 2.45) is 62.1 Å². The van der Waals surface area contributed by atoms with Crippen molar-refractivity contribution in [1.29, 1.82) is 0 Å². The largest absolute Gasteiger partial charge is 0.481 e. The number of rotatable bonds is 10. The maximum atomic E-state index is 14.3. The van der Waals surface area contributed by atoms with Crippen molar-refractivity contribution < 1.29 is 28.9 Å². The highest BCUT2D eigenvalue weighted by Gasteiger charge is 2.72. The summed E-state index contributed by atoms with van der Waals surface area (Å²) < 4.78 is 11.2. The zero-order valence-corrected chi connectivity index (χ0v) is 31.6. The number of carbonyl (C=O) groups is 3. The summed E-state index contributed by atoms with van der Waals surface area (Å²) in [6.07, 6.45) is 9.73. The Morgan fingerprint density at radius 3 is 2.25 bits per heavy atom. The quantitative estimate of drug-likeness (QED) is 0.0971. The molecule has 0 aliphatic heterocycles. The first-order valence-corrected chi connectivity index (χ1v) is 18.7. The number of ether oxygens (including phenoxy) is 1. The molecule has 48 heavy (non-hydrogen) atoms. The van der Waals surface area contributed by atoms with E-state index in [0.717, 1.165) is 64.2 Å². The van der Waals surface area contributed by atoms with Gasteiger partial charge in [-0.15, -0.1) is 0 Å². The van der Waals surface area contributed by atoms with Crippen LogP contribution in [0.5, 0.6) is 0 Å². The Morgan fingerprint density at radius 2 is 1.62 bits per heavy atom. The average Bonchev–Trinajstić information content (AvgIpc) is 3.39.